The summed E-state index contributed by atoms with van der Waals surface area (Å²) in [5, 5.41) is 2.86. The summed E-state index contributed by atoms with van der Waals surface area (Å²) in [6, 6.07) is 15.7. The fraction of sp³-hybridized carbons (Fsp3) is 0.188. The van der Waals surface area contributed by atoms with Crippen molar-refractivity contribution < 1.29 is 13.2 Å². The first-order chi connectivity index (χ1) is 9.88. The monoisotopic (exact) mass is 303 g/mol. The van der Waals surface area contributed by atoms with Crippen LogP contribution in [0.15, 0.2) is 59.5 Å². The van der Waals surface area contributed by atoms with Crippen LogP contribution in [-0.4, -0.2) is 20.6 Å². The maximum absolute atomic E-state index is 11.7. The Bertz CT molecular complexity index is 739. The van der Waals surface area contributed by atoms with E-state index in [1.165, 1.54) is 13.2 Å². The minimum Gasteiger partial charge on any atom is -0.345 e. The SMILES string of the molecule is CC(=O)NC(c1ccccc1)c1cccc(S(C)(=O)=O)c1. The molecule has 110 valence electrons. The van der Waals surface area contributed by atoms with Crippen LogP contribution in [0.5, 0.6) is 0 Å². The number of carbonyl (C=O) groups excluding carboxylic acids is 1. The van der Waals surface area contributed by atoms with Crippen molar-refractivity contribution in [2.45, 2.75) is 17.9 Å². The van der Waals surface area contributed by atoms with Gasteiger partial charge in [0.25, 0.3) is 0 Å². The molecule has 0 saturated heterocycles. The molecule has 21 heavy (non-hydrogen) atoms. The number of benzene rings is 2. The molecule has 0 aromatic heterocycles. The molecular formula is C16H17NO3S. The zero-order chi connectivity index (χ0) is 15.5. The average molecular weight is 303 g/mol. The third kappa shape index (κ3) is 3.92. The number of carbonyl (C=O) groups is 1. The van der Waals surface area contributed by atoms with Gasteiger partial charge in [0.05, 0.1) is 10.9 Å². The standard InChI is InChI=1S/C16H17NO3S/c1-12(18)17-16(13-7-4-3-5-8-13)14-9-6-10-15(11-14)21(2,19)20/h3-11,16H,1-2H3,(H,17,18). The van der Waals surface area contributed by atoms with E-state index in [0.717, 1.165) is 11.1 Å². The lowest BCUT2D eigenvalue weighted by Crippen LogP contribution is -2.27. The molecule has 0 spiro atoms. The Balaban J connectivity index is 2.49. The van der Waals surface area contributed by atoms with Crippen LogP contribution in [0.1, 0.15) is 24.1 Å². The zero-order valence-corrected chi connectivity index (χ0v) is 12.7. The first kappa shape index (κ1) is 15.3. The topological polar surface area (TPSA) is 63.2 Å². The molecule has 2 aromatic carbocycles. The molecular weight excluding hydrogens is 286 g/mol. The molecule has 0 radical (unpaired) electrons. The van der Waals surface area contributed by atoms with Gasteiger partial charge in [-0.25, -0.2) is 8.42 Å². The molecule has 1 N–H and O–H groups in total. The Kier molecular flexibility index (Phi) is 4.43. The smallest absolute Gasteiger partial charge is 0.217 e. The van der Waals surface area contributed by atoms with E-state index in [1.54, 1.807) is 18.2 Å². The lowest BCUT2D eigenvalue weighted by molar-refractivity contribution is -0.119. The van der Waals surface area contributed by atoms with Gasteiger partial charge in [-0.15, -0.1) is 0 Å². The molecule has 0 aliphatic heterocycles. The molecule has 0 bridgehead atoms. The fourth-order valence-electron chi connectivity index (χ4n) is 2.13. The van der Waals surface area contributed by atoms with Gasteiger partial charge in [0.15, 0.2) is 9.84 Å². The van der Waals surface area contributed by atoms with Crippen molar-refractivity contribution in [1.29, 1.82) is 0 Å². The highest BCUT2D eigenvalue weighted by atomic mass is 32.2. The second kappa shape index (κ2) is 6.10. The third-order valence-electron chi connectivity index (χ3n) is 3.10. The van der Waals surface area contributed by atoms with Gasteiger partial charge in [0, 0.05) is 13.2 Å². The molecule has 0 fully saturated rings. The number of amides is 1. The van der Waals surface area contributed by atoms with Crippen LogP contribution in [0, 0.1) is 0 Å². The van der Waals surface area contributed by atoms with Crippen LogP contribution in [0.3, 0.4) is 0 Å². The van der Waals surface area contributed by atoms with Gasteiger partial charge < -0.3 is 5.32 Å². The lowest BCUT2D eigenvalue weighted by atomic mass is 9.99. The highest BCUT2D eigenvalue weighted by Gasteiger charge is 2.17. The molecule has 1 atom stereocenters. The van der Waals surface area contributed by atoms with Gasteiger partial charge in [-0.1, -0.05) is 42.5 Å². The molecule has 2 rings (SSSR count). The summed E-state index contributed by atoms with van der Waals surface area (Å²) < 4.78 is 23.4. The normalized spacial score (nSPS) is 12.7. The van der Waals surface area contributed by atoms with E-state index in [4.69, 9.17) is 0 Å². The van der Waals surface area contributed by atoms with Crippen molar-refractivity contribution in [2.24, 2.45) is 0 Å². The molecule has 0 saturated carbocycles. The number of hydrogen-bond acceptors (Lipinski definition) is 3. The van der Waals surface area contributed by atoms with Crippen LogP contribution in [0.2, 0.25) is 0 Å². The van der Waals surface area contributed by atoms with Gasteiger partial charge in [-0.3, -0.25) is 4.79 Å². The molecule has 0 aliphatic carbocycles. The van der Waals surface area contributed by atoms with Crippen molar-refractivity contribution in [2.75, 3.05) is 6.26 Å². The average Bonchev–Trinajstić information content (AvgIpc) is 2.45. The maximum Gasteiger partial charge on any atom is 0.217 e. The van der Waals surface area contributed by atoms with E-state index in [0.29, 0.717) is 0 Å². The van der Waals surface area contributed by atoms with E-state index in [-0.39, 0.29) is 16.8 Å². The van der Waals surface area contributed by atoms with Crippen LogP contribution in [0.25, 0.3) is 0 Å². The van der Waals surface area contributed by atoms with E-state index >= 15 is 0 Å². The highest BCUT2D eigenvalue weighted by molar-refractivity contribution is 7.90. The Hall–Kier alpha value is -2.14. The lowest BCUT2D eigenvalue weighted by Gasteiger charge is -2.19. The van der Waals surface area contributed by atoms with Crippen LogP contribution >= 0.6 is 0 Å². The number of sulfone groups is 1. The minimum atomic E-state index is -3.28. The van der Waals surface area contributed by atoms with Gasteiger partial charge in [-0.05, 0) is 23.3 Å². The summed E-state index contributed by atoms with van der Waals surface area (Å²) in [4.78, 5) is 11.7. The second-order valence-corrected chi connectivity index (χ2v) is 6.90. The molecule has 1 unspecified atom stereocenters. The summed E-state index contributed by atoms with van der Waals surface area (Å²) in [6.45, 7) is 1.44. The summed E-state index contributed by atoms with van der Waals surface area (Å²) in [7, 11) is -3.28. The van der Waals surface area contributed by atoms with Crippen molar-refractivity contribution in [1.82, 2.24) is 5.32 Å². The number of rotatable bonds is 4. The predicted molar refractivity (Wildman–Crippen MR) is 81.7 cm³/mol. The molecule has 1 amide bonds. The first-order valence-electron chi connectivity index (χ1n) is 6.50. The van der Waals surface area contributed by atoms with Crippen molar-refractivity contribution in [3.8, 4) is 0 Å². The Morgan fingerprint density at radius 3 is 2.19 bits per heavy atom. The summed E-state index contributed by atoms with van der Waals surface area (Å²) >= 11 is 0. The Labute approximate surface area is 124 Å². The fourth-order valence-corrected chi connectivity index (χ4v) is 2.81. The largest absolute Gasteiger partial charge is 0.345 e. The van der Waals surface area contributed by atoms with E-state index in [9.17, 15) is 13.2 Å². The first-order valence-corrected chi connectivity index (χ1v) is 8.39. The molecule has 4 nitrogen and oxygen atoms in total. The van der Waals surface area contributed by atoms with Crippen molar-refractivity contribution in [3.63, 3.8) is 0 Å². The van der Waals surface area contributed by atoms with Gasteiger partial charge in [0.1, 0.15) is 0 Å². The zero-order valence-electron chi connectivity index (χ0n) is 11.9. The summed E-state index contributed by atoms with van der Waals surface area (Å²) in [5.74, 6) is -0.173. The quantitative estimate of drug-likeness (QED) is 0.942. The van der Waals surface area contributed by atoms with Gasteiger partial charge in [0.2, 0.25) is 5.91 Å². The maximum atomic E-state index is 11.7. The minimum absolute atomic E-state index is 0.173. The van der Waals surface area contributed by atoms with Gasteiger partial charge >= 0.3 is 0 Å². The summed E-state index contributed by atoms with van der Waals surface area (Å²) in [5.41, 5.74) is 1.64. The number of hydrogen-bond donors (Lipinski definition) is 1. The Morgan fingerprint density at radius 2 is 1.62 bits per heavy atom. The van der Waals surface area contributed by atoms with E-state index in [1.807, 2.05) is 36.4 Å². The third-order valence-corrected chi connectivity index (χ3v) is 4.21. The van der Waals surface area contributed by atoms with Gasteiger partial charge in [-0.2, -0.15) is 0 Å². The molecule has 5 heteroatoms. The van der Waals surface area contributed by atoms with E-state index < -0.39 is 9.84 Å². The highest BCUT2D eigenvalue weighted by Crippen LogP contribution is 2.24. The van der Waals surface area contributed by atoms with Crippen molar-refractivity contribution in [3.05, 3.63) is 65.7 Å². The van der Waals surface area contributed by atoms with E-state index in [2.05, 4.69) is 5.32 Å². The number of nitrogens with one attached hydrogen (secondary N) is 1. The van der Waals surface area contributed by atoms with Crippen LogP contribution in [-0.2, 0) is 14.6 Å². The summed E-state index contributed by atoms with van der Waals surface area (Å²) in [6.07, 6.45) is 1.17. The van der Waals surface area contributed by atoms with Crippen LogP contribution < -0.4 is 5.32 Å². The predicted octanol–water partition coefficient (Wildman–Crippen LogP) is 2.32. The molecule has 0 aliphatic rings. The molecule has 0 heterocycles. The van der Waals surface area contributed by atoms with Crippen LogP contribution in [0.4, 0.5) is 0 Å². The second-order valence-electron chi connectivity index (χ2n) is 4.89. The van der Waals surface area contributed by atoms with Crippen molar-refractivity contribution >= 4 is 15.7 Å². The molecule has 2 aromatic rings. The Morgan fingerprint density at radius 1 is 1.00 bits per heavy atom.